The fourth-order valence-electron chi connectivity index (χ4n) is 1.01. The summed E-state index contributed by atoms with van der Waals surface area (Å²) in [7, 11) is -2.77. The van der Waals surface area contributed by atoms with E-state index < -0.39 is 9.84 Å². The van der Waals surface area contributed by atoms with E-state index in [0.29, 0.717) is 12.8 Å². The van der Waals surface area contributed by atoms with Gasteiger partial charge < -0.3 is 0 Å². The Bertz CT molecular complexity index is 208. The summed E-state index contributed by atoms with van der Waals surface area (Å²) in [4.78, 5) is 0. The van der Waals surface area contributed by atoms with Crippen LogP contribution in [0.3, 0.4) is 0 Å². The van der Waals surface area contributed by atoms with Crippen LogP contribution in [0.5, 0.6) is 0 Å². The second-order valence-electron chi connectivity index (χ2n) is 2.51. The van der Waals surface area contributed by atoms with E-state index in [9.17, 15) is 8.42 Å². The van der Waals surface area contributed by atoms with Crippen molar-refractivity contribution in [2.75, 3.05) is 11.5 Å². The first kappa shape index (κ1) is 7.65. The number of nitrogens with one attached hydrogen (secondary N) is 1. The van der Waals surface area contributed by atoms with Crippen molar-refractivity contribution in [1.29, 1.82) is 5.53 Å². The molecule has 0 amide bonds. The van der Waals surface area contributed by atoms with E-state index in [-0.39, 0.29) is 17.5 Å². The van der Waals surface area contributed by atoms with E-state index in [1.54, 1.807) is 0 Å². The lowest BCUT2D eigenvalue weighted by molar-refractivity contribution is 0.532. The molecule has 1 aliphatic heterocycles. The van der Waals surface area contributed by atoms with Crippen LogP contribution < -0.4 is 0 Å². The van der Waals surface area contributed by atoms with Gasteiger partial charge in [-0.3, -0.25) is 0 Å². The summed E-state index contributed by atoms with van der Waals surface area (Å²) < 4.78 is 21.6. The lowest BCUT2D eigenvalue weighted by Crippen LogP contribution is -2.25. The van der Waals surface area contributed by atoms with Gasteiger partial charge in [-0.05, 0) is 12.8 Å². The largest absolute Gasteiger partial charge is 0.229 e. The number of hydrogen-bond acceptors (Lipinski definition) is 4. The summed E-state index contributed by atoms with van der Waals surface area (Å²) in [6, 6.07) is -0.0384. The molecule has 0 radical (unpaired) electrons. The predicted molar refractivity (Wildman–Crippen MR) is 36.8 cm³/mol. The topological polar surface area (TPSA) is 70.3 Å². The predicted octanol–water partition coefficient (Wildman–Crippen LogP) is 0.595. The maximum atomic E-state index is 10.8. The molecule has 1 saturated heterocycles. The van der Waals surface area contributed by atoms with Crippen molar-refractivity contribution in [2.24, 2.45) is 5.11 Å². The molecule has 58 valence electrons. The van der Waals surface area contributed by atoms with Crippen LogP contribution in [0, 0.1) is 5.53 Å². The van der Waals surface area contributed by atoms with Crippen LogP contribution in [-0.2, 0) is 9.84 Å². The van der Waals surface area contributed by atoms with Crippen LogP contribution in [0.2, 0.25) is 0 Å². The summed E-state index contributed by atoms with van der Waals surface area (Å²) >= 11 is 0. The van der Waals surface area contributed by atoms with Crippen LogP contribution in [0.4, 0.5) is 0 Å². The highest BCUT2D eigenvalue weighted by molar-refractivity contribution is 7.91. The van der Waals surface area contributed by atoms with E-state index in [1.165, 1.54) is 0 Å². The van der Waals surface area contributed by atoms with Gasteiger partial charge in [-0.25, -0.2) is 13.9 Å². The number of sulfone groups is 1. The van der Waals surface area contributed by atoms with E-state index in [1.807, 2.05) is 0 Å². The molecular weight excluding hydrogens is 152 g/mol. The number of nitrogens with zero attached hydrogens (tertiary/aromatic N) is 1. The first-order chi connectivity index (χ1) is 4.64. The Labute approximate surface area is 60.1 Å². The second-order valence-corrected chi connectivity index (χ2v) is 4.82. The second kappa shape index (κ2) is 2.65. The maximum Gasteiger partial charge on any atom is 0.150 e. The van der Waals surface area contributed by atoms with Crippen molar-refractivity contribution in [3.8, 4) is 0 Å². The summed E-state index contributed by atoms with van der Waals surface area (Å²) in [5.41, 5.74) is 6.66. The Morgan fingerprint density at radius 1 is 1.30 bits per heavy atom. The fourth-order valence-corrected chi connectivity index (χ4v) is 2.47. The van der Waals surface area contributed by atoms with Gasteiger partial charge in [0.15, 0.2) is 0 Å². The minimum Gasteiger partial charge on any atom is -0.229 e. The molecule has 0 spiro atoms. The third-order valence-corrected chi connectivity index (χ3v) is 3.42. The zero-order chi connectivity index (χ0) is 7.61. The highest BCUT2D eigenvalue weighted by Gasteiger charge is 2.22. The SMILES string of the molecule is N=NC1CCS(=O)(=O)CC1. The Morgan fingerprint density at radius 2 is 1.80 bits per heavy atom. The van der Waals surface area contributed by atoms with Gasteiger partial charge in [0.2, 0.25) is 0 Å². The molecule has 0 aromatic carbocycles. The first-order valence-electron chi connectivity index (χ1n) is 3.21. The van der Waals surface area contributed by atoms with Crippen LogP contribution in [0.1, 0.15) is 12.8 Å². The van der Waals surface area contributed by atoms with Crippen molar-refractivity contribution in [3.05, 3.63) is 0 Å². The standard InChI is InChI=1S/C5H10N2O2S/c6-7-5-1-3-10(8,9)4-2-5/h5-6H,1-4H2. The maximum absolute atomic E-state index is 10.8. The molecular formula is C5H10N2O2S. The van der Waals surface area contributed by atoms with Crippen LogP contribution in [0.15, 0.2) is 5.11 Å². The van der Waals surface area contributed by atoms with Gasteiger partial charge in [0.05, 0.1) is 17.5 Å². The normalized spacial score (nSPS) is 26.0. The van der Waals surface area contributed by atoms with Gasteiger partial charge in [0.1, 0.15) is 9.84 Å². The Morgan fingerprint density at radius 3 is 2.20 bits per heavy atom. The summed E-state index contributed by atoms with van der Waals surface area (Å²) in [6.45, 7) is 0. The minimum absolute atomic E-state index is 0.0384. The van der Waals surface area contributed by atoms with E-state index in [4.69, 9.17) is 5.53 Å². The Hall–Kier alpha value is -0.450. The molecule has 1 rings (SSSR count). The van der Waals surface area contributed by atoms with Gasteiger partial charge in [0, 0.05) is 0 Å². The molecule has 1 heterocycles. The average Bonchev–Trinajstić information content (AvgIpc) is 1.88. The lowest BCUT2D eigenvalue weighted by Gasteiger charge is -2.15. The van der Waals surface area contributed by atoms with Crippen molar-refractivity contribution in [2.45, 2.75) is 18.9 Å². The molecule has 5 heteroatoms. The molecule has 0 aromatic rings. The molecule has 10 heavy (non-hydrogen) atoms. The Balaban J connectivity index is 2.54. The number of rotatable bonds is 1. The van der Waals surface area contributed by atoms with E-state index >= 15 is 0 Å². The monoisotopic (exact) mass is 162 g/mol. The zero-order valence-corrected chi connectivity index (χ0v) is 6.39. The molecule has 0 atom stereocenters. The van der Waals surface area contributed by atoms with E-state index in [2.05, 4.69) is 5.11 Å². The minimum atomic E-state index is -2.77. The van der Waals surface area contributed by atoms with Gasteiger partial charge >= 0.3 is 0 Å². The van der Waals surface area contributed by atoms with Crippen LogP contribution in [-0.4, -0.2) is 26.0 Å². The first-order valence-corrected chi connectivity index (χ1v) is 5.03. The molecule has 0 unspecified atom stereocenters. The summed E-state index contributed by atoms with van der Waals surface area (Å²) in [6.07, 6.45) is 1.07. The highest BCUT2D eigenvalue weighted by Crippen LogP contribution is 2.14. The molecule has 0 aromatic heterocycles. The molecule has 1 N–H and O–H groups in total. The molecule has 1 aliphatic rings. The summed E-state index contributed by atoms with van der Waals surface area (Å²) in [5.74, 6) is 0.417. The van der Waals surface area contributed by atoms with Crippen molar-refractivity contribution >= 4 is 9.84 Å². The zero-order valence-electron chi connectivity index (χ0n) is 5.58. The van der Waals surface area contributed by atoms with Crippen LogP contribution in [0.25, 0.3) is 0 Å². The van der Waals surface area contributed by atoms with Gasteiger partial charge in [-0.1, -0.05) is 0 Å². The van der Waals surface area contributed by atoms with Gasteiger partial charge in [-0.2, -0.15) is 5.11 Å². The third kappa shape index (κ3) is 1.76. The molecule has 1 fully saturated rings. The quantitative estimate of drug-likeness (QED) is 0.573. The third-order valence-electron chi connectivity index (χ3n) is 1.71. The van der Waals surface area contributed by atoms with E-state index in [0.717, 1.165) is 0 Å². The fraction of sp³-hybridized carbons (Fsp3) is 1.00. The van der Waals surface area contributed by atoms with Crippen molar-refractivity contribution < 1.29 is 8.42 Å². The van der Waals surface area contributed by atoms with Crippen LogP contribution >= 0.6 is 0 Å². The highest BCUT2D eigenvalue weighted by atomic mass is 32.2. The Kier molecular flexibility index (Phi) is 2.03. The van der Waals surface area contributed by atoms with Gasteiger partial charge in [-0.15, -0.1) is 0 Å². The average molecular weight is 162 g/mol. The van der Waals surface area contributed by atoms with Crippen molar-refractivity contribution in [1.82, 2.24) is 0 Å². The van der Waals surface area contributed by atoms with Crippen molar-refractivity contribution in [3.63, 3.8) is 0 Å². The molecule has 0 saturated carbocycles. The molecule has 4 nitrogen and oxygen atoms in total. The van der Waals surface area contributed by atoms with Gasteiger partial charge in [0.25, 0.3) is 0 Å². The molecule has 0 bridgehead atoms. The lowest BCUT2D eigenvalue weighted by atomic mass is 10.2. The summed E-state index contributed by atoms with van der Waals surface area (Å²) in [5, 5.41) is 3.30. The number of hydrogen-bond donors (Lipinski definition) is 1. The molecule has 0 aliphatic carbocycles. The smallest absolute Gasteiger partial charge is 0.150 e.